The molecule has 0 saturated carbocycles. The molecule has 0 aliphatic carbocycles. The smallest absolute Gasteiger partial charge is 0.194 e. The van der Waals surface area contributed by atoms with E-state index in [1.54, 1.807) is 19.1 Å². The molecule has 142 valence electrons. The lowest BCUT2D eigenvalue weighted by atomic mass is 10.1. The molecule has 0 bridgehead atoms. The molecule has 1 atom stereocenters. The number of H-pyrrole nitrogens is 1. The van der Waals surface area contributed by atoms with E-state index in [0.717, 1.165) is 6.26 Å². The van der Waals surface area contributed by atoms with Crippen molar-refractivity contribution in [3.63, 3.8) is 0 Å². The van der Waals surface area contributed by atoms with Crippen LogP contribution in [0.1, 0.15) is 23.1 Å². The second-order valence-corrected chi connectivity index (χ2v) is 8.71. The summed E-state index contributed by atoms with van der Waals surface area (Å²) in [5.74, 6) is 0.239. The van der Waals surface area contributed by atoms with Crippen molar-refractivity contribution in [1.82, 2.24) is 15.0 Å². The lowest BCUT2D eigenvalue weighted by molar-refractivity contribution is 0.597. The summed E-state index contributed by atoms with van der Waals surface area (Å²) in [6.07, 6.45) is 2.55. The van der Waals surface area contributed by atoms with Crippen LogP contribution in [0.5, 0.6) is 0 Å². The second kappa shape index (κ2) is 7.46. The standard InChI is InChI=1S/C17H15Cl2FN4O2S/c1-9-17(27(2,25)26)24-16(22-9)15(10-3-5-13(20)12(19)7-10)23-14-6-4-11(18)8-21-14/h3-8,15H,1-2H3,(H,21,23)(H,22,24). The molecular formula is C17H15Cl2FN4O2S. The minimum Gasteiger partial charge on any atom is -0.356 e. The third kappa shape index (κ3) is 4.40. The molecule has 0 fully saturated rings. The van der Waals surface area contributed by atoms with Gasteiger partial charge in [0.25, 0.3) is 0 Å². The highest BCUT2D eigenvalue weighted by Crippen LogP contribution is 2.29. The molecule has 1 aromatic carbocycles. The topological polar surface area (TPSA) is 87.7 Å². The number of rotatable bonds is 5. The van der Waals surface area contributed by atoms with Crippen LogP contribution in [0.25, 0.3) is 0 Å². The number of imidazole rings is 1. The van der Waals surface area contributed by atoms with Gasteiger partial charge in [-0.1, -0.05) is 29.3 Å². The first kappa shape index (κ1) is 19.6. The Labute approximate surface area is 165 Å². The van der Waals surface area contributed by atoms with Gasteiger partial charge >= 0.3 is 0 Å². The highest BCUT2D eigenvalue weighted by molar-refractivity contribution is 7.90. The van der Waals surface area contributed by atoms with Crippen LogP contribution in [0.15, 0.2) is 41.6 Å². The van der Waals surface area contributed by atoms with Crippen molar-refractivity contribution in [3.05, 3.63) is 69.5 Å². The third-order valence-electron chi connectivity index (χ3n) is 3.78. The molecule has 0 aliphatic rings. The van der Waals surface area contributed by atoms with E-state index in [1.807, 2.05) is 0 Å². The lowest BCUT2D eigenvalue weighted by Gasteiger charge is -2.18. The van der Waals surface area contributed by atoms with Crippen LogP contribution >= 0.6 is 23.2 Å². The van der Waals surface area contributed by atoms with Crippen LogP contribution < -0.4 is 5.32 Å². The molecule has 2 heterocycles. The Bertz CT molecular complexity index is 1080. The average Bonchev–Trinajstić information content (AvgIpc) is 2.99. The van der Waals surface area contributed by atoms with Crippen LogP contribution in [0, 0.1) is 12.7 Å². The Morgan fingerprint density at radius 3 is 2.52 bits per heavy atom. The molecular weight excluding hydrogens is 414 g/mol. The summed E-state index contributed by atoms with van der Waals surface area (Å²) in [6.45, 7) is 1.61. The van der Waals surface area contributed by atoms with Crippen molar-refractivity contribution in [2.75, 3.05) is 11.6 Å². The van der Waals surface area contributed by atoms with Crippen LogP contribution in [-0.4, -0.2) is 29.6 Å². The summed E-state index contributed by atoms with van der Waals surface area (Å²) in [7, 11) is -3.51. The molecule has 1 unspecified atom stereocenters. The molecule has 0 aliphatic heterocycles. The molecule has 0 radical (unpaired) electrons. The summed E-state index contributed by atoms with van der Waals surface area (Å²) in [6, 6.07) is 6.88. The zero-order valence-corrected chi connectivity index (χ0v) is 16.6. The Morgan fingerprint density at radius 1 is 1.22 bits per heavy atom. The fraction of sp³-hybridized carbons (Fsp3) is 0.176. The summed E-state index contributed by atoms with van der Waals surface area (Å²) in [5, 5.41) is 3.49. The van der Waals surface area contributed by atoms with Crippen molar-refractivity contribution < 1.29 is 12.8 Å². The van der Waals surface area contributed by atoms with Crippen molar-refractivity contribution in [2.45, 2.75) is 18.0 Å². The van der Waals surface area contributed by atoms with Crippen molar-refractivity contribution in [2.24, 2.45) is 0 Å². The summed E-state index contributed by atoms with van der Waals surface area (Å²) >= 11 is 11.8. The van der Waals surface area contributed by atoms with E-state index in [-0.39, 0.29) is 10.0 Å². The van der Waals surface area contributed by atoms with E-state index < -0.39 is 21.7 Å². The van der Waals surface area contributed by atoms with Crippen LogP contribution in [0.2, 0.25) is 10.0 Å². The number of anilines is 1. The second-order valence-electron chi connectivity index (χ2n) is 5.94. The number of hydrogen-bond donors (Lipinski definition) is 2. The van der Waals surface area contributed by atoms with Gasteiger partial charge in [-0.25, -0.2) is 22.8 Å². The number of nitrogens with one attached hydrogen (secondary N) is 2. The average molecular weight is 429 g/mol. The van der Waals surface area contributed by atoms with Gasteiger partial charge in [-0.05, 0) is 36.8 Å². The van der Waals surface area contributed by atoms with Gasteiger partial charge in [-0.3, -0.25) is 0 Å². The molecule has 0 amide bonds. The maximum Gasteiger partial charge on any atom is 0.194 e. The molecule has 3 rings (SSSR count). The molecule has 27 heavy (non-hydrogen) atoms. The zero-order valence-electron chi connectivity index (χ0n) is 14.3. The number of pyridine rings is 1. The van der Waals surface area contributed by atoms with Gasteiger partial charge in [0.2, 0.25) is 0 Å². The minimum atomic E-state index is -3.51. The SMILES string of the molecule is Cc1[nH]c(C(Nc2ccc(Cl)cn2)c2ccc(F)c(Cl)c2)nc1S(C)(=O)=O. The fourth-order valence-corrected chi connectivity index (χ4v) is 3.75. The number of aromatic nitrogens is 3. The van der Waals surface area contributed by atoms with Gasteiger partial charge in [0.15, 0.2) is 14.9 Å². The maximum absolute atomic E-state index is 13.6. The minimum absolute atomic E-state index is 0.0541. The number of sulfone groups is 1. The third-order valence-corrected chi connectivity index (χ3v) is 5.39. The first-order chi connectivity index (χ1) is 12.6. The van der Waals surface area contributed by atoms with Gasteiger partial charge in [-0.2, -0.15) is 0 Å². The molecule has 6 nitrogen and oxygen atoms in total. The van der Waals surface area contributed by atoms with Gasteiger partial charge in [-0.15, -0.1) is 0 Å². The van der Waals surface area contributed by atoms with E-state index in [2.05, 4.69) is 20.3 Å². The predicted octanol–water partition coefficient (Wildman–Crippen LogP) is 4.16. The number of aromatic amines is 1. The quantitative estimate of drug-likeness (QED) is 0.636. The number of benzene rings is 1. The van der Waals surface area contributed by atoms with Crippen LogP contribution in [-0.2, 0) is 9.84 Å². The number of hydrogen-bond acceptors (Lipinski definition) is 5. The lowest BCUT2D eigenvalue weighted by Crippen LogP contribution is -2.15. The Balaban J connectivity index is 2.09. The molecule has 0 spiro atoms. The van der Waals surface area contributed by atoms with E-state index in [0.29, 0.717) is 27.9 Å². The normalized spacial score (nSPS) is 12.8. The van der Waals surface area contributed by atoms with Crippen molar-refractivity contribution in [1.29, 1.82) is 0 Å². The number of halogens is 3. The van der Waals surface area contributed by atoms with Crippen molar-refractivity contribution in [3.8, 4) is 0 Å². The van der Waals surface area contributed by atoms with E-state index in [4.69, 9.17) is 23.2 Å². The fourth-order valence-electron chi connectivity index (χ4n) is 2.58. The molecule has 2 N–H and O–H groups in total. The monoisotopic (exact) mass is 428 g/mol. The van der Waals surface area contributed by atoms with Crippen molar-refractivity contribution >= 4 is 38.9 Å². The van der Waals surface area contributed by atoms with E-state index in [1.165, 1.54) is 24.4 Å². The van der Waals surface area contributed by atoms with Gasteiger partial charge in [0.1, 0.15) is 23.5 Å². The summed E-state index contributed by atoms with van der Waals surface area (Å²) in [5.41, 5.74) is 0.975. The Hall–Kier alpha value is -2.16. The number of nitrogens with zero attached hydrogens (tertiary/aromatic N) is 2. The predicted molar refractivity (Wildman–Crippen MR) is 103 cm³/mol. The van der Waals surface area contributed by atoms with Gasteiger partial charge in [0.05, 0.1) is 15.7 Å². The largest absolute Gasteiger partial charge is 0.356 e. The Kier molecular flexibility index (Phi) is 5.41. The molecule has 10 heteroatoms. The van der Waals surface area contributed by atoms with Gasteiger partial charge in [0, 0.05) is 12.5 Å². The van der Waals surface area contributed by atoms with E-state index in [9.17, 15) is 12.8 Å². The van der Waals surface area contributed by atoms with Crippen LogP contribution in [0.3, 0.4) is 0 Å². The molecule has 0 saturated heterocycles. The summed E-state index contributed by atoms with van der Waals surface area (Å²) < 4.78 is 37.4. The highest BCUT2D eigenvalue weighted by atomic mass is 35.5. The number of aryl methyl sites for hydroxylation is 1. The summed E-state index contributed by atoms with van der Waals surface area (Å²) in [4.78, 5) is 11.4. The van der Waals surface area contributed by atoms with E-state index >= 15 is 0 Å². The first-order valence-corrected chi connectivity index (χ1v) is 10.4. The Morgan fingerprint density at radius 2 is 1.96 bits per heavy atom. The zero-order chi connectivity index (χ0) is 19.8. The highest BCUT2D eigenvalue weighted by Gasteiger charge is 2.24. The molecule has 2 aromatic heterocycles. The molecule has 3 aromatic rings. The van der Waals surface area contributed by atoms with Gasteiger partial charge < -0.3 is 10.3 Å². The first-order valence-electron chi connectivity index (χ1n) is 7.75. The van der Waals surface area contributed by atoms with Crippen LogP contribution in [0.4, 0.5) is 10.2 Å². The maximum atomic E-state index is 13.6.